The number of aromatic nitrogens is 1. The molecular formula is C15H23N3O3. The summed E-state index contributed by atoms with van der Waals surface area (Å²) in [6, 6.07) is 2.92. The van der Waals surface area contributed by atoms with Gasteiger partial charge in [0.05, 0.1) is 11.7 Å². The molecule has 0 spiro atoms. The van der Waals surface area contributed by atoms with E-state index in [0.29, 0.717) is 18.7 Å². The molecule has 0 saturated carbocycles. The maximum atomic E-state index is 12.6. The van der Waals surface area contributed by atoms with Gasteiger partial charge in [0, 0.05) is 26.2 Å². The maximum absolute atomic E-state index is 12.6. The van der Waals surface area contributed by atoms with E-state index in [0.717, 1.165) is 0 Å². The van der Waals surface area contributed by atoms with E-state index in [-0.39, 0.29) is 17.6 Å². The number of hydrogen-bond donors (Lipinski definition) is 1. The van der Waals surface area contributed by atoms with Crippen LogP contribution in [0.3, 0.4) is 0 Å². The van der Waals surface area contributed by atoms with E-state index in [9.17, 15) is 9.59 Å². The molecule has 6 nitrogen and oxygen atoms in total. The van der Waals surface area contributed by atoms with Crippen LogP contribution in [0.2, 0.25) is 0 Å². The molecule has 0 bridgehead atoms. The van der Waals surface area contributed by atoms with Crippen molar-refractivity contribution >= 4 is 11.8 Å². The molecule has 0 aliphatic carbocycles. The number of rotatable bonds is 3. The number of ether oxygens (including phenoxy) is 1. The van der Waals surface area contributed by atoms with E-state index in [1.54, 1.807) is 29.9 Å². The summed E-state index contributed by atoms with van der Waals surface area (Å²) in [5.41, 5.74) is 5.67. The molecule has 1 aromatic heterocycles. The SMILES string of the molecule is Cn1cccc1C(=O)N1CC(OC(C)(C)C)CC1C(N)=O. The average Bonchev–Trinajstić information content (AvgIpc) is 2.92. The van der Waals surface area contributed by atoms with Crippen LogP contribution in [-0.4, -0.2) is 45.6 Å². The van der Waals surface area contributed by atoms with Gasteiger partial charge in [-0.15, -0.1) is 0 Å². The topological polar surface area (TPSA) is 77.6 Å². The second-order valence-corrected chi connectivity index (χ2v) is 6.47. The van der Waals surface area contributed by atoms with Crippen molar-refractivity contribution in [2.24, 2.45) is 12.8 Å². The largest absolute Gasteiger partial charge is 0.371 e. The molecule has 1 aliphatic heterocycles. The van der Waals surface area contributed by atoms with Gasteiger partial charge in [0.1, 0.15) is 11.7 Å². The van der Waals surface area contributed by atoms with Crippen molar-refractivity contribution < 1.29 is 14.3 Å². The molecule has 2 unspecified atom stereocenters. The molecule has 2 N–H and O–H groups in total. The van der Waals surface area contributed by atoms with Crippen LogP contribution in [-0.2, 0) is 16.6 Å². The first-order chi connectivity index (χ1) is 9.69. The number of primary amides is 1. The molecule has 21 heavy (non-hydrogen) atoms. The summed E-state index contributed by atoms with van der Waals surface area (Å²) in [7, 11) is 1.80. The van der Waals surface area contributed by atoms with Crippen LogP contribution in [0.15, 0.2) is 18.3 Å². The lowest BCUT2D eigenvalue weighted by molar-refractivity contribution is -0.121. The molecular weight excluding hydrogens is 270 g/mol. The summed E-state index contributed by atoms with van der Waals surface area (Å²) in [5.74, 6) is -0.677. The molecule has 0 radical (unpaired) electrons. The van der Waals surface area contributed by atoms with Crippen LogP contribution in [0.5, 0.6) is 0 Å². The lowest BCUT2D eigenvalue weighted by Gasteiger charge is -2.25. The molecule has 2 rings (SSSR count). The first kappa shape index (κ1) is 15.6. The Morgan fingerprint density at radius 1 is 1.38 bits per heavy atom. The van der Waals surface area contributed by atoms with Crippen LogP contribution in [0.4, 0.5) is 0 Å². The molecule has 116 valence electrons. The first-order valence-electron chi connectivity index (χ1n) is 7.08. The number of aryl methyl sites for hydroxylation is 1. The molecule has 0 aromatic carbocycles. The molecule has 1 saturated heterocycles. The van der Waals surface area contributed by atoms with Crippen molar-refractivity contribution in [2.45, 2.75) is 44.9 Å². The number of nitrogens with two attached hydrogens (primary N) is 1. The first-order valence-corrected chi connectivity index (χ1v) is 7.08. The second kappa shape index (κ2) is 5.52. The van der Waals surface area contributed by atoms with Crippen molar-refractivity contribution in [1.82, 2.24) is 9.47 Å². The van der Waals surface area contributed by atoms with E-state index in [2.05, 4.69) is 0 Å². The third-order valence-electron chi connectivity index (χ3n) is 3.54. The van der Waals surface area contributed by atoms with E-state index >= 15 is 0 Å². The zero-order valence-electron chi connectivity index (χ0n) is 13.0. The molecule has 1 fully saturated rings. The van der Waals surface area contributed by atoms with E-state index in [4.69, 9.17) is 10.5 Å². The molecule has 2 heterocycles. The van der Waals surface area contributed by atoms with Gasteiger partial charge in [-0.1, -0.05) is 0 Å². The predicted molar refractivity (Wildman–Crippen MR) is 78.7 cm³/mol. The molecule has 1 aliphatic rings. The minimum atomic E-state index is -0.611. The zero-order valence-corrected chi connectivity index (χ0v) is 13.0. The van der Waals surface area contributed by atoms with E-state index in [1.165, 1.54) is 4.90 Å². The number of carbonyl (C=O) groups excluding carboxylic acids is 2. The van der Waals surface area contributed by atoms with Gasteiger partial charge >= 0.3 is 0 Å². The molecule has 6 heteroatoms. The van der Waals surface area contributed by atoms with Crippen molar-refractivity contribution in [3.8, 4) is 0 Å². The lowest BCUT2D eigenvalue weighted by Crippen LogP contribution is -2.44. The van der Waals surface area contributed by atoms with Crippen molar-refractivity contribution in [1.29, 1.82) is 0 Å². The van der Waals surface area contributed by atoms with Crippen LogP contribution < -0.4 is 5.73 Å². The third-order valence-corrected chi connectivity index (χ3v) is 3.54. The Kier molecular flexibility index (Phi) is 4.09. The normalized spacial score (nSPS) is 22.6. The molecule has 1 aromatic rings. The van der Waals surface area contributed by atoms with Crippen LogP contribution >= 0.6 is 0 Å². The van der Waals surface area contributed by atoms with Gasteiger partial charge in [-0.2, -0.15) is 0 Å². The van der Waals surface area contributed by atoms with Gasteiger partial charge < -0.3 is 19.9 Å². The third kappa shape index (κ3) is 3.44. The van der Waals surface area contributed by atoms with Gasteiger partial charge in [-0.05, 0) is 32.9 Å². The van der Waals surface area contributed by atoms with Crippen molar-refractivity contribution in [2.75, 3.05) is 6.54 Å². The molecule has 2 amide bonds. The van der Waals surface area contributed by atoms with Gasteiger partial charge in [-0.25, -0.2) is 0 Å². The summed E-state index contributed by atoms with van der Waals surface area (Å²) in [6.07, 6.45) is 2.07. The Hall–Kier alpha value is -1.82. The van der Waals surface area contributed by atoms with Crippen molar-refractivity contribution in [3.63, 3.8) is 0 Å². The maximum Gasteiger partial charge on any atom is 0.271 e. The average molecular weight is 293 g/mol. The van der Waals surface area contributed by atoms with Crippen LogP contribution in [0, 0.1) is 0 Å². The quantitative estimate of drug-likeness (QED) is 0.899. The number of hydrogen-bond acceptors (Lipinski definition) is 3. The summed E-state index contributed by atoms with van der Waals surface area (Å²) < 4.78 is 7.63. The number of carbonyl (C=O) groups is 2. The lowest BCUT2D eigenvalue weighted by atomic mass is 10.1. The Bertz CT molecular complexity index is 545. The monoisotopic (exact) mass is 293 g/mol. The fourth-order valence-corrected chi connectivity index (χ4v) is 2.71. The smallest absolute Gasteiger partial charge is 0.271 e. The summed E-state index contributed by atoms with van der Waals surface area (Å²) >= 11 is 0. The fraction of sp³-hybridized carbons (Fsp3) is 0.600. The van der Waals surface area contributed by atoms with Crippen molar-refractivity contribution in [3.05, 3.63) is 24.0 Å². The predicted octanol–water partition coefficient (Wildman–Crippen LogP) is 0.909. The molecule has 2 atom stereocenters. The minimum absolute atomic E-state index is 0.174. The van der Waals surface area contributed by atoms with Gasteiger partial charge in [0.15, 0.2) is 0 Å². The van der Waals surface area contributed by atoms with Crippen LogP contribution in [0.1, 0.15) is 37.7 Å². The Balaban J connectivity index is 2.19. The summed E-state index contributed by atoms with van der Waals surface area (Å²) in [5, 5.41) is 0. The highest BCUT2D eigenvalue weighted by molar-refractivity contribution is 5.96. The highest BCUT2D eigenvalue weighted by Crippen LogP contribution is 2.26. The standard InChI is InChI=1S/C15H23N3O3/c1-15(2,3)21-10-8-12(13(16)19)18(9-10)14(20)11-6-5-7-17(11)4/h5-7,10,12H,8-9H2,1-4H3,(H2,16,19). The summed E-state index contributed by atoms with van der Waals surface area (Å²) in [4.78, 5) is 25.8. The van der Waals surface area contributed by atoms with Gasteiger partial charge in [0.25, 0.3) is 5.91 Å². The number of amides is 2. The van der Waals surface area contributed by atoms with Crippen LogP contribution in [0.25, 0.3) is 0 Å². The van der Waals surface area contributed by atoms with E-state index in [1.807, 2.05) is 20.8 Å². The van der Waals surface area contributed by atoms with E-state index < -0.39 is 11.9 Å². The number of likely N-dealkylation sites (tertiary alicyclic amines) is 1. The Morgan fingerprint density at radius 2 is 2.05 bits per heavy atom. The highest BCUT2D eigenvalue weighted by atomic mass is 16.5. The van der Waals surface area contributed by atoms with Gasteiger partial charge in [0.2, 0.25) is 5.91 Å². The second-order valence-electron chi connectivity index (χ2n) is 6.47. The Morgan fingerprint density at radius 3 is 2.52 bits per heavy atom. The minimum Gasteiger partial charge on any atom is -0.371 e. The van der Waals surface area contributed by atoms with Gasteiger partial charge in [-0.3, -0.25) is 9.59 Å². The fourth-order valence-electron chi connectivity index (χ4n) is 2.71. The Labute approximate surface area is 124 Å². The number of nitrogens with zero attached hydrogens (tertiary/aromatic N) is 2. The highest BCUT2D eigenvalue weighted by Gasteiger charge is 2.41. The zero-order chi connectivity index (χ0) is 15.8. The summed E-state index contributed by atoms with van der Waals surface area (Å²) in [6.45, 7) is 6.24.